The van der Waals surface area contributed by atoms with Crippen LogP contribution in [0.2, 0.25) is 0 Å². The van der Waals surface area contributed by atoms with Crippen molar-refractivity contribution in [3.05, 3.63) is 81.3 Å². The summed E-state index contributed by atoms with van der Waals surface area (Å²) in [4.78, 5) is 20.5. The predicted molar refractivity (Wildman–Crippen MR) is 104 cm³/mol. The van der Waals surface area contributed by atoms with Gasteiger partial charge in [0.15, 0.2) is 22.9 Å². The minimum absolute atomic E-state index is 0.0556. The highest BCUT2D eigenvalue weighted by molar-refractivity contribution is 5.82. The monoisotopic (exact) mass is 393 g/mol. The first kappa shape index (κ1) is 17.7. The maximum absolute atomic E-state index is 13.6. The van der Waals surface area contributed by atoms with Crippen molar-refractivity contribution in [2.75, 3.05) is 0 Å². The number of aromatic nitrogens is 4. The lowest BCUT2D eigenvalue weighted by atomic mass is 10.1. The summed E-state index contributed by atoms with van der Waals surface area (Å²) in [7, 11) is 0. The topological polar surface area (TPSA) is 75.6 Å². The number of halogens is 2. The van der Waals surface area contributed by atoms with Crippen LogP contribution in [-0.2, 0) is 13.1 Å². The molecule has 146 valence electrons. The molecule has 2 aromatic carbocycles. The van der Waals surface area contributed by atoms with Gasteiger partial charge in [-0.05, 0) is 36.8 Å². The predicted octanol–water partition coefficient (Wildman–Crippen LogP) is 3.22. The van der Waals surface area contributed by atoms with Crippen molar-refractivity contribution in [3.8, 4) is 11.5 Å². The van der Waals surface area contributed by atoms with E-state index < -0.39 is 11.6 Å². The third-order valence-electron chi connectivity index (χ3n) is 5.33. The Bertz CT molecular complexity index is 1310. The summed E-state index contributed by atoms with van der Waals surface area (Å²) in [6.07, 6.45) is 0. The Balaban J connectivity index is 1.53. The minimum Gasteiger partial charge on any atom is -0.351 e. The summed E-state index contributed by atoms with van der Waals surface area (Å²) in [5, 5.41) is 8.47. The molecule has 5 rings (SSSR count). The SMILES string of the molecule is Cc1c(-c2nc3n(n2)CC(c2ccc(F)c(F)c2)NC3)[nH]c2ccccc2c1=O. The number of benzene rings is 2. The highest BCUT2D eigenvalue weighted by Gasteiger charge is 2.24. The van der Waals surface area contributed by atoms with E-state index in [-0.39, 0.29) is 11.5 Å². The Hall–Kier alpha value is -3.39. The lowest BCUT2D eigenvalue weighted by Gasteiger charge is -2.24. The highest BCUT2D eigenvalue weighted by atomic mass is 19.2. The summed E-state index contributed by atoms with van der Waals surface area (Å²) in [5.41, 5.74) is 2.45. The zero-order chi connectivity index (χ0) is 20.1. The van der Waals surface area contributed by atoms with Crippen molar-refractivity contribution in [2.45, 2.75) is 26.1 Å². The third-order valence-corrected chi connectivity index (χ3v) is 5.33. The fraction of sp³-hybridized carbons (Fsp3) is 0.190. The van der Waals surface area contributed by atoms with Crippen LogP contribution in [0.25, 0.3) is 22.4 Å². The van der Waals surface area contributed by atoms with E-state index in [1.165, 1.54) is 6.07 Å². The Morgan fingerprint density at radius 2 is 1.97 bits per heavy atom. The summed E-state index contributed by atoms with van der Waals surface area (Å²) in [5.74, 6) is -0.594. The number of pyridine rings is 1. The fourth-order valence-electron chi connectivity index (χ4n) is 3.72. The zero-order valence-electron chi connectivity index (χ0n) is 15.5. The molecule has 6 nitrogen and oxygen atoms in total. The van der Waals surface area contributed by atoms with Gasteiger partial charge in [-0.3, -0.25) is 4.79 Å². The number of H-pyrrole nitrogens is 1. The van der Waals surface area contributed by atoms with E-state index in [2.05, 4.69) is 20.4 Å². The van der Waals surface area contributed by atoms with Crippen LogP contribution >= 0.6 is 0 Å². The quantitative estimate of drug-likeness (QED) is 0.548. The number of nitrogens with zero attached hydrogens (tertiary/aromatic N) is 3. The number of aromatic amines is 1. The van der Waals surface area contributed by atoms with E-state index in [1.807, 2.05) is 18.2 Å². The summed E-state index contributed by atoms with van der Waals surface area (Å²) in [6.45, 7) is 2.60. The molecule has 0 radical (unpaired) electrons. The van der Waals surface area contributed by atoms with E-state index in [9.17, 15) is 13.6 Å². The highest BCUT2D eigenvalue weighted by Crippen LogP contribution is 2.25. The molecule has 0 saturated carbocycles. The van der Waals surface area contributed by atoms with Gasteiger partial charge in [-0.15, -0.1) is 5.10 Å². The van der Waals surface area contributed by atoms with Crippen LogP contribution in [0.1, 0.15) is 23.0 Å². The van der Waals surface area contributed by atoms with Gasteiger partial charge in [-0.25, -0.2) is 18.4 Å². The second kappa shape index (κ2) is 6.59. The first-order valence-electron chi connectivity index (χ1n) is 9.25. The molecule has 4 aromatic rings. The normalized spacial score (nSPS) is 16.2. The number of para-hydroxylation sites is 1. The minimum atomic E-state index is -0.876. The standard InChI is InChI=1S/C21H17F2N5O/c1-11-19(25-16-5-3-2-4-13(16)20(11)29)21-26-18-9-24-17(10-28(18)27-21)12-6-7-14(22)15(23)8-12/h2-8,17,24H,9-10H2,1H3,(H,25,29). The molecule has 1 aliphatic rings. The molecule has 0 aliphatic carbocycles. The Kier molecular flexibility index (Phi) is 4.02. The maximum Gasteiger partial charge on any atom is 0.198 e. The van der Waals surface area contributed by atoms with Gasteiger partial charge in [-0.2, -0.15) is 0 Å². The summed E-state index contributed by atoms with van der Waals surface area (Å²) in [6, 6.07) is 11.0. The molecular formula is C21H17F2N5O. The van der Waals surface area contributed by atoms with Crippen LogP contribution < -0.4 is 10.7 Å². The van der Waals surface area contributed by atoms with E-state index in [1.54, 1.807) is 23.7 Å². The Morgan fingerprint density at radius 3 is 2.79 bits per heavy atom. The van der Waals surface area contributed by atoms with Gasteiger partial charge in [-0.1, -0.05) is 18.2 Å². The van der Waals surface area contributed by atoms with E-state index in [4.69, 9.17) is 0 Å². The fourth-order valence-corrected chi connectivity index (χ4v) is 3.72. The number of nitrogens with one attached hydrogen (secondary N) is 2. The smallest absolute Gasteiger partial charge is 0.198 e. The second-order valence-electron chi connectivity index (χ2n) is 7.14. The molecule has 1 aliphatic heterocycles. The molecule has 2 N–H and O–H groups in total. The van der Waals surface area contributed by atoms with Gasteiger partial charge in [0, 0.05) is 16.5 Å². The molecule has 8 heteroatoms. The van der Waals surface area contributed by atoms with Crippen molar-refractivity contribution >= 4 is 10.9 Å². The van der Waals surface area contributed by atoms with Gasteiger partial charge in [0.05, 0.1) is 24.8 Å². The Morgan fingerprint density at radius 1 is 1.14 bits per heavy atom. The molecule has 1 atom stereocenters. The van der Waals surface area contributed by atoms with Crippen molar-refractivity contribution in [1.29, 1.82) is 0 Å². The first-order valence-corrected chi connectivity index (χ1v) is 9.25. The molecule has 0 amide bonds. The third kappa shape index (κ3) is 2.92. The second-order valence-corrected chi connectivity index (χ2v) is 7.14. The molecule has 0 fully saturated rings. The van der Waals surface area contributed by atoms with Gasteiger partial charge in [0.1, 0.15) is 5.82 Å². The van der Waals surface area contributed by atoms with Crippen LogP contribution in [0.3, 0.4) is 0 Å². The van der Waals surface area contributed by atoms with Gasteiger partial charge in [0.25, 0.3) is 0 Å². The van der Waals surface area contributed by atoms with E-state index in [0.717, 1.165) is 11.6 Å². The molecule has 1 unspecified atom stereocenters. The van der Waals surface area contributed by atoms with Crippen molar-refractivity contribution in [1.82, 2.24) is 25.1 Å². The molecule has 3 heterocycles. The number of hydrogen-bond donors (Lipinski definition) is 2. The van der Waals surface area contributed by atoms with Crippen molar-refractivity contribution < 1.29 is 8.78 Å². The molecule has 2 aromatic heterocycles. The molecular weight excluding hydrogens is 376 g/mol. The number of fused-ring (bicyclic) bond motifs is 2. The van der Waals surface area contributed by atoms with Crippen LogP contribution in [0, 0.1) is 18.6 Å². The zero-order valence-corrected chi connectivity index (χ0v) is 15.5. The molecule has 0 saturated heterocycles. The molecule has 0 bridgehead atoms. The van der Waals surface area contributed by atoms with Crippen LogP contribution in [0.15, 0.2) is 47.3 Å². The van der Waals surface area contributed by atoms with E-state index >= 15 is 0 Å². The van der Waals surface area contributed by atoms with Gasteiger partial charge >= 0.3 is 0 Å². The molecule has 0 spiro atoms. The van der Waals surface area contributed by atoms with Crippen LogP contribution in [0.4, 0.5) is 8.78 Å². The maximum atomic E-state index is 13.6. The van der Waals surface area contributed by atoms with Crippen LogP contribution in [-0.4, -0.2) is 19.7 Å². The van der Waals surface area contributed by atoms with Crippen LogP contribution in [0.5, 0.6) is 0 Å². The largest absolute Gasteiger partial charge is 0.351 e. The van der Waals surface area contributed by atoms with Gasteiger partial charge in [0.2, 0.25) is 0 Å². The van der Waals surface area contributed by atoms with Gasteiger partial charge < -0.3 is 10.3 Å². The first-order chi connectivity index (χ1) is 14.0. The molecule has 29 heavy (non-hydrogen) atoms. The van der Waals surface area contributed by atoms with Crippen molar-refractivity contribution in [3.63, 3.8) is 0 Å². The average molecular weight is 393 g/mol. The average Bonchev–Trinajstić information content (AvgIpc) is 3.16. The van der Waals surface area contributed by atoms with E-state index in [0.29, 0.717) is 46.9 Å². The lowest BCUT2D eigenvalue weighted by Crippen LogP contribution is -2.33. The number of hydrogen-bond acceptors (Lipinski definition) is 4. The Labute approximate surface area is 164 Å². The summed E-state index contributed by atoms with van der Waals surface area (Å²) < 4.78 is 28.6. The lowest BCUT2D eigenvalue weighted by molar-refractivity contribution is 0.370. The van der Waals surface area contributed by atoms with Crippen molar-refractivity contribution in [2.24, 2.45) is 0 Å². The number of rotatable bonds is 2. The summed E-state index contributed by atoms with van der Waals surface area (Å²) >= 11 is 0.